The SMILES string of the molecule is O=C1/C(=C/c2ccc(N(c3ccccc3)c3ccccc3)c(OCCOCCO)c2)S(=O)(=O)C(c2ccccc2)N1Cc1ccccc1. The number of benzene rings is 5. The van der Waals surface area contributed by atoms with Crippen LogP contribution in [0.2, 0.25) is 0 Å². The molecule has 0 aromatic heterocycles. The van der Waals surface area contributed by atoms with Gasteiger partial charge in [0.05, 0.1) is 25.5 Å². The first-order valence-corrected chi connectivity index (χ1v) is 17.2. The fourth-order valence-electron chi connectivity index (χ4n) is 5.74. The first kappa shape index (κ1) is 32.7. The second-order valence-corrected chi connectivity index (χ2v) is 13.1. The highest BCUT2D eigenvalue weighted by Gasteiger charge is 2.49. The molecule has 0 spiro atoms. The number of hydrogen-bond acceptors (Lipinski definition) is 7. The number of para-hydroxylation sites is 2. The molecule has 0 aliphatic carbocycles. The van der Waals surface area contributed by atoms with Crippen LogP contribution < -0.4 is 9.64 Å². The van der Waals surface area contributed by atoms with Crippen LogP contribution in [0.25, 0.3) is 6.08 Å². The molecule has 5 aromatic carbocycles. The number of ether oxygens (including phenoxy) is 2. The lowest BCUT2D eigenvalue weighted by molar-refractivity contribution is -0.126. The summed E-state index contributed by atoms with van der Waals surface area (Å²) in [6.45, 7) is 0.646. The summed E-state index contributed by atoms with van der Waals surface area (Å²) in [7, 11) is -4.11. The van der Waals surface area contributed by atoms with E-state index >= 15 is 0 Å². The fourth-order valence-corrected chi connectivity index (χ4v) is 7.67. The minimum absolute atomic E-state index is 0.0993. The lowest BCUT2D eigenvalue weighted by atomic mass is 10.1. The predicted octanol–water partition coefficient (Wildman–Crippen LogP) is 7.04. The minimum atomic E-state index is -4.11. The van der Waals surface area contributed by atoms with Gasteiger partial charge >= 0.3 is 0 Å². The molecule has 1 saturated heterocycles. The van der Waals surface area contributed by atoms with E-state index in [4.69, 9.17) is 14.6 Å². The highest BCUT2D eigenvalue weighted by atomic mass is 32.2. The molecule has 244 valence electrons. The van der Waals surface area contributed by atoms with E-state index in [0.717, 1.165) is 16.9 Å². The lowest BCUT2D eigenvalue weighted by Crippen LogP contribution is -2.28. The van der Waals surface area contributed by atoms with Crippen molar-refractivity contribution in [1.82, 2.24) is 4.90 Å². The van der Waals surface area contributed by atoms with Gasteiger partial charge in [-0.3, -0.25) is 4.79 Å². The Bertz CT molecular complexity index is 1910. The highest BCUT2D eigenvalue weighted by molar-refractivity contribution is 7.97. The van der Waals surface area contributed by atoms with Crippen LogP contribution in [-0.2, 0) is 25.9 Å². The van der Waals surface area contributed by atoms with Gasteiger partial charge in [-0.15, -0.1) is 0 Å². The Morgan fingerprint density at radius 2 is 1.31 bits per heavy atom. The molecule has 0 radical (unpaired) electrons. The Kier molecular flexibility index (Phi) is 10.3. The number of sulfone groups is 1. The monoisotopic (exact) mass is 660 g/mol. The quantitative estimate of drug-likeness (QED) is 0.107. The minimum Gasteiger partial charge on any atom is -0.489 e. The summed E-state index contributed by atoms with van der Waals surface area (Å²) in [6, 6.07) is 43.3. The Morgan fingerprint density at radius 3 is 1.92 bits per heavy atom. The van der Waals surface area contributed by atoms with Crippen molar-refractivity contribution >= 4 is 38.9 Å². The van der Waals surface area contributed by atoms with E-state index in [1.807, 2.05) is 108 Å². The number of anilines is 3. The van der Waals surface area contributed by atoms with Crippen LogP contribution in [0.15, 0.2) is 144 Å². The Balaban J connectivity index is 1.43. The third-order valence-electron chi connectivity index (χ3n) is 7.91. The molecule has 9 heteroatoms. The van der Waals surface area contributed by atoms with E-state index in [9.17, 15) is 13.2 Å². The predicted molar refractivity (Wildman–Crippen MR) is 188 cm³/mol. The van der Waals surface area contributed by atoms with Gasteiger partial charge in [0.1, 0.15) is 17.3 Å². The molecule has 1 amide bonds. The van der Waals surface area contributed by atoms with Gasteiger partial charge < -0.3 is 24.4 Å². The van der Waals surface area contributed by atoms with Gasteiger partial charge in [0.15, 0.2) is 5.37 Å². The molecule has 1 atom stereocenters. The second kappa shape index (κ2) is 15.1. The van der Waals surface area contributed by atoms with E-state index in [0.29, 0.717) is 22.6 Å². The van der Waals surface area contributed by atoms with Gasteiger partial charge in [0.2, 0.25) is 9.84 Å². The fraction of sp³-hybridized carbons (Fsp3) is 0.154. The molecule has 8 nitrogen and oxygen atoms in total. The first-order chi connectivity index (χ1) is 23.5. The van der Waals surface area contributed by atoms with Crippen LogP contribution in [0.3, 0.4) is 0 Å². The highest BCUT2D eigenvalue weighted by Crippen LogP contribution is 2.44. The summed E-state index contributed by atoms with van der Waals surface area (Å²) in [5, 5.41) is 7.96. The zero-order chi connectivity index (χ0) is 33.3. The third kappa shape index (κ3) is 7.18. The topological polar surface area (TPSA) is 96.4 Å². The van der Waals surface area contributed by atoms with Crippen molar-refractivity contribution < 1.29 is 27.8 Å². The van der Waals surface area contributed by atoms with Crippen LogP contribution >= 0.6 is 0 Å². The number of aliphatic hydroxyl groups excluding tert-OH is 1. The van der Waals surface area contributed by atoms with Gasteiger partial charge in [-0.1, -0.05) is 103 Å². The zero-order valence-electron chi connectivity index (χ0n) is 26.3. The molecule has 1 fully saturated rings. The molecular formula is C39H36N2O6S. The lowest BCUT2D eigenvalue weighted by Gasteiger charge is -2.27. The Labute approximate surface area is 281 Å². The number of rotatable bonds is 13. The van der Waals surface area contributed by atoms with Crippen molar-refractivity contribution in [2.24, 2.45) is 0 Å². The van der Waals surface area contributed by atoms with Gasteiger partial charge in [-0.2, -0.15) is 0 Å². The normalized spacial score (nSPS) is 16.3. The standard InChI is InChI=1S/C39H36N2O6S/c42-23-24-46-25-26-47-36-27-31(21-22-35(36)41(33-17-9-3-10-18-33)34-19-11-4-12-20-34)28-37-38(43)40(29-30-13-5-1-6-14-30)39(48(37,44)45)32-15-7-2-8-16-32/h1-22,27-28,39,42H,23-26,29H2/b37-28-. The molecule has 48 heavy (non-hydrogen) atoms. The van der Waals surface area contributed by atoms with Crippen LogP contribution in [0.1, 0.15) is 22.1 Å². The molecule has 1 N–H and O–H groups in total. The van der Waals surface area contributed by atoms with Crippen molar-refractivity contribution in [3.63, 3.8) is 0 Å². The van der Waals surface area contributed by atoms with E-state index in [2.05, 4.69) is 0 Å². The summed E-state index contributed by atoms with van der Waals surface area (Å²) >= 11 is 0. The van der Waals surface area contributed by atoms with Crippen LogP contribution in [-0.4, -0.2) is 50.8 Å². The Morgan fingerprint density at radius 1 is 0.729 bits per heavy atom. The number of carbonyl (C=O) groups excluding carboxylic acids is 1. The maximum Gasteiger partial charge on any atom is 0.267 e. The average molecular weight is 661 g/mol. The molecule has 5 aromatic rings. The molecule has 1 unspecified atom stereocenters. The third-order valence-corrected chi connectivity index (χ3v) is 9.93. The van der Waals surface area contributed by atoms with Crippen molar-refractivity contribution in [2.75, 3.05) is 31.3 Å². The van der Waals surface area contributed by atoms with Crippen molar-refractivity contribution in [2.45, 2.75) is 11.9 Å². The number of amides is 1. The number of hydrogen-bond donors (Lipinski definition) is 1. The van der Waals surface area contributed by atoms with Crippen molar-refractivity contribution in [1.29, 1.82) is 0 Å². The summed E-state index contributed by atoms with van der Waals surface area (Å²) < 4.78 is 40.1. The molecule has 1 heterocycles. The van der Waals surface area contributed by atoms with Crippen molar-refractivity contribution in [3.05, 3.63) is 161 Å². The smallest absolute Gasteiger partial charge is 0.267 e. The van der Waals surface area contributed by atoms with Crippen LogP contribution in [0.4, 0.5) is 17.1 Å². The van der Waals surface area contributed by atoms with Gasteiger partial charge in [0, 0.05) is 17.9 Å². The van der Waals surface area contributed by atoms with E-state index in [1.165, 1.54) is 11.0 Å². The number of aliphatic hydroxyl groups is 1. The molecular weight excluding hydrogens is 625 g/mol. The number of nitrogens with zero attached hydrogens (tertiary/aromatic N) is 2. The van der Waals surface area contributed by atoms with Gasteiger partial charge in [-0.25, -0.2) is 8.42 Å². The zero-order valence-corrected chi connectivity index (χ0v) is 27.1. The Hall–Kier alpha value is -5.22. The van der Waals surface area contributed by atoms with Crippen molar-refractivity contribution in [3.8, 4) is 5.75 Å². The maximum absolute atomic E-state index is 14.2. The van der Waals surface area contributed by atoms with E-state index < -0.39 is 21.1 Å². The average Bonchev–Trinajstić information content (AvgIpc) is 3.30. The summed E-state index contributed by atoms with van der Waals surface area (Å²) in [6.07, 6.45) is 1.44. The van der Waals surface area contributed by atoms with Gasteiger partial charge in [0.25, 0.3) is 5.91 Å². The molecule has 0 saturated carbocycles. The maximum atomic E-state index is 14.2. The first-order valence-electron chi connectivity index (χ1n) is 15.7. The number of carbonyl (C=O) groups is 1. The van der Waals surface area contributed by atoms with Crippen LogP contribution in [0, 0.1) is 0 Å². The second-order valence-electron chi connectivity index (χ2n) is 11.2. The van der Waals surface area contributed by atoms with E-state index in [-0.39, 0.29) is 37.9 Å². The largest absolute Gasteiger partial charge is 0.489 e. The van der Waals surface area contributed by atoms with Crippen LogP contribution in [0.5, 0.6) is 5.75 Å². The molecule has 1 aliphatic rings. The van der Waals surface area contributed by atoms with E-state index in [1.54, 1.807) is 36.4 Å². The summed E-state index contributed by atoms with van der Waals surface area (Å²) in [5.41, 5.74) is 4.35. The summed E-state index contributed by atoms with van der Waals surface area (Å²) in [5.74, 6) is -0.0971. The molecule has 1 aliphatic heterocycles. The van der Waals surface area contributed by atoms with Gasteiger partial charge in [-0.05, 0) is 59.2 Å². The molecule has 6 rings (SSSR count). The summed E-state index contributed by atoms with van der Waals surface area (Å²) in [4.78, 5) is 17.2. The molecule has 0 bridgehead atoms.